The van der Waals surface area contributed by atoms with Crippen LogP contribution in [-0.2, 0) is 9.59 Å². The average Bonchev–Trinajstić information content (AvgIpc) is 2.72. The zero-order valence-corrected chi connectivity index (χ0v) is 19.3. The predicted octanol–water partition coefficient (Wildman–Crippen LogP) is 5.01. The summed E-state index contributed by atoms with van der Waals surface area (Å²) in [5, 5.41) is 9.07. The Morgan fingerprint density at radius 3 is 2.36 bits per heavy atom. The first kappa shape index (κ1) is 22.8. The van der Waals surface area contributed by atoms with Crippen molar-refractivity contribution >= 4 is 58.2 Å². The minimum absolute atomic E-state index is 0.0286. The Morgan fingerprint density at radius 1 is 1.06 bits per heavy atom. The molecule has 4 rings (SSSR count). The van der Waals surface area contributed by atoms with E-state index in [1.165, 1.54) is 0 Å². The molecule has 2 aromatic carbocycles. The Bertz CT molecular complexity index is 1270. The van der Waals surface area contributed by atoms with Crippen molar-refractivity contribution in [3.8, 4) is 0 Å². The zero-order chi connectivity index (χ0) is 23.7. The van der Waals surface area contributed by atoms with Gasteiger partial charge in [-0.15, -0.1) is 0 Å². The predicted molar refractivity (Wildman–Crippen MR) is 130 cm³/mol. The summed E-state index contributed by atoms with van der Waals surface area (Å²) in [6, 6.07) is 12.2. The molecule has 1 unspecified atom stereocenters. The first-order valence-corrected chi connectivity index (χ1v) is 11.0. The van der Waals surface area contributed by atoms with Crippen LogP contribution in [0.2, 0.25) is 10.0 Å². The highest BCUT2D eigenvalue weighted by Crippen LogP contribution is 2.31. The second-order valence-electron chi connectivity index (χ2n) is 8.03. The number of aromatic amines is 1. The van der Waals surface area contributed by atoms with Gasteiger partial charge in [-0.1, -0.05) is 49.2 Å². The fourth-order valence-corrected chi connectivity index (χ4v) is 4.12. The number of benzene rings is 2. The summed E-state index contributed by atoms with van der Waals surface area (Å²) >= 11 is 12.0. The largest absolute Gasteiger partial charge is 0.326 e. The van der Waals surface area contributed by atoms with Crippen LogP contribution in [0, 0.1) is 0 Å². The maximum atomic E-state index is 13.0. The summed E-state index contributed by atoms with van der Waals surface area (Å²) < 4.78 is 0. The molecule has 1 atom stereocenters. The van der Waals surface area contributed by atoms with Crippen molar-refractivity contribution in [2.24, 2.45) is 0 Å². The van der Waals surface area contributed by atoms with Gasteiger partial charge in [0, 0.05) is 27.8 Å². The van der Waals surface area contributed by atoms with Gasteiger partial charge in [-0.2, -0.15) is 4.98 Å². The van der Waals surface area contributed by atoms with Crippen molar-refractivity contribution in [1.29, 1.82) is 0 Å². The fraction of sp³-hybridized carbons (Fsp3) is 0.217. The number of amides is 2. The topological polar surface area (TPSA) is 116 Å². The number of nitrogens with zero attached hydrogens (tertiary/aromatic N) is 1. The van der Waals surface area contributed by atoms with Gasteiger partial charge in [-0.3, -0.25) is 19.4 Å². The lowest BCUT2D eigenvalue weighted by molar-refractivity contribution is -0.123. The fourth-order valence-electron chi connectivity index (χ4n) is 3.60. The van der Waals surface area contributed by atoms with E-state index in [2.05, 4.69) is 39.8 Å². The Balaban J connectivity index is 1.60. The molecular weight excluding hydrogens is 465 g/mol. The highest BCUT2D eigenvalue weighted by atomic mass is 35.5. The molecule has 2 heterocycles. The second-order valence-corrected chi connectivity index (χ2v) is 8.90. The van der Waals surface area contributed by atoms with Gasteiger partial charge in [0.2, 0.25) is 17.8 Å². The summed E-state index contributed by atoms with van der Waals surface area (Å²) in [7, 11) is 0. The SMILES string of the molecule is CC(C)c1ccc(NC(=O)C2CC(=O)Nc3nc(Nc4cc(Cl)cc(Cl)c4)[nH]c(=O)c32)cc1. The molecule has 0 radical (unpaired) electrons. The number of fused-ring (bicyclic) bond motifs is 1. The van der Waals surface area contributed by atoms with E-state index in [-0.39, 0.29) is 23.8 Å². The number of carbonyl (C=O) groups is 2. The van der Waals surface area contributed by atoms with Crippen molar-refractivity contribution in [3.05, 3.63) is 74.0 Å². The van der Waals surface area contributed by atoms with Gasteiger partial charge in [0.15, 0.2) is 0 Å². The van der Waals surface area contributed by atoms with Crippen molar-refractivity contribution in [1.82, 2.24) is 9.97 Å². The molecular formula is C23H21Cl2N5O3. The third-order valence-corrected chi connectivity index (χ3v) is 5.67. The second kappa shape index (κ2) is 9.25. The van der Waals surface area contributed by atoms with Crippen molar-refractivity contribution in [2.45, 2.75) is 32.1 Å². The average molecular weight is 486 g/mol. The first-order chi connectivity index (χ1) is 15.7. The molecule has 3 aromatic rings. The number of hydrogen-bond acceptors (Lipinski definition) is 5. The van der Waals surface area contributed by atoms with Crippen molar-refractivity contribution in [2.75, 3.05) is 16.0 Å². The maximum Gasteiger partial charge on any atom is 0.258 e. The van der Waals surface area contributed by atoms with Crippen LogP contribution in [0.5, 0.6) is 0 Å². The monoisotopic (exact) mass is 485 g/mol. The molecule has 1 aromatic heterocycles. The van der Waals surface area contributed by atoms with E-state index < -0.39 is 23.3 Å². The molecule has 0 fully saturated rings. The molecule has 1 aliphatic rings. The molecule has 4 N–H and O–H groups in total. The lowest BCUT2D eigenvalue weighted by Crippen LogP contribution is -2.36. The lowest BCUT2D eigenvalue weighted by atomic mass is 9.92. The van der Waals surface area contributed by atoms with Crippen LogP contribution in [0.4, 0.5) is 23.1 Å². The number of carbonyl (C=O) groups excluding carboxylic acids is 2. The third-order valence-electron chi connectivity index (χ3n) is 5.24. The molecule has 0 aliphatic carbocycles. The van der Waals surface area contributed by atoms with E-state index in [9.17, 15) is 14.4 Å². The molecule has 33 heavy (non-hydrogen) atoms. The van der Waals surface area contributed by atoms with Crippen LogP contribution < -0.4 is 21.5 Å². The van der Waals surface area contributed by atoms with Crippen LogP contribution in [0.15, 0.2) is 47.3 Å². The summed E-state index contributed by atoms with van der Waals surface area (Å²) in [5.74, 6) is -1.39. The van der Waals surface area contributed by atoms with E-state index in [4.69, 9.17) is 23.2 Å². The number of hydrogen-bond donors (Lipinski definition) is 4. The summed E-state index contributed by atoms with van der Waals surface area (Å²) in [5.41, 5.74) is 1.78. The Hall–Kier alpha value is -3.36. The summed E-state index contributed by atoms with van der Waals surface area (Å²) in [6.07, 6.45) is -0.162. The molecule has 170 valence electrons. The minimum atomic E-state index is -0.982. The number of nitrogens with one attached hydrogen (secondary N) is 4. The van der Waals surface area contributed by atoms with Crippen molar-refractivity contribution in [3.63, 3.8) is 0 Å². The van der Waals surface area contributed by atoms with Gasteiger partial charge in [0.1, 0.15) is 5.82 Å². The molecule has 0 saturated carbocycles. The molecule has 0 bridgehead atoms. The molecule has 1 aliphatic heterocycles. The molecule has 10 heteroatoms. The Labute approximate surface area is 199 Å². The van der Waals surface area contributed by atoms with E-state index >= 15 is 0 Å². The summed E-state index contributed by atoms with van der Waals surface area (Å²) in [4.78, 5) is 45.0. The van der Waals surface area contributed by atoms with E-state index in [1.54, 1.807) is 30.3 Å². The number of aromatic nitrogens is 2. The standard InChI is InChI=1S/C23H21Cl2N5O3/c1-11(2)12-3-5-15(6-4-12)26-21(32)17-10-18(31)28-20-19(17)22(33)30-23(29-20)27-16-8-13(24)7-14(25)9-16/h3-9,11,17H,10H2,1-2H3,(H,26,32)(H3,27,28,29,30,31,33). The number of rotatable bonds is 5. The van der Waals surface area contributed by atoms with E-state index in [0.29, 0.717) is 27.3 Å². The van der Waals surface area contributed by atoms with Gasteiger partial charge >= 0.3 is 0 Å². The smallest absolute Gasteiger partial charge is 0.258 e. The van der Waals surface area contributed by atoms with Crippen LogP contribution in [0.3, 0.4) is 0 Å². The maximum absolute atomic E-state index is 13.0. The van der Waals surface area contributed by atoms with Crippen LogP contribution in [-0.4, -0.2) is 21.8 Å². The van der Waals surface area contributed by atoms with Crippen LogP contribution in [0.1, 0.15) is 43.2 Å². The first-order valence-electron chi connectivity index (χ1n) is 10.3. The highest BCUT2D eigenvalue weighted by molar-refractivity contribution is 6.35. The lowest BCUT2D eigenvalue weighted by Gasteiger charge is -2.23. The van der Waals surface area contributed by atoms with Gasteiger partial charge < -0.3 is 16.0 Å². The van der Waals surface area contributed by atoms with E-state index in [1.807, 2.05) is 12.1 Å². The van der Waals surface area contributed by atoms with Gasteiger partial charge in [-0.25, -0.2) is 0 Å². The van der Waals surface area contributed by atoms with Crippen LogP contribution >= 0.6 is 23.2 Å². The molecule has 0 saturated heterocycles. The third kappa shape index (κ3) is 5.18. The van der Waals surface area contributed by atoms with Gasteiger partial charge in [0.05, 0.1) is 11.5 Å². The zero-order valence-electron chi connectivity index (χ0n) is 17.8. The number of anilines is 4. The molecule has 2 amide bonds. The Morgan fingerprint density at radius 2 is 1.73 bits per heavy atom. The number of H-pyrrole nitrogens is 1. The van der Waals surface area contributed by atoms with Crippen molar-refractivity contribution < 1.29 is 9.59 Å². The minimum Gasteiger partial charge on any atom is -0.326 e. The van der Waals surface area contributed by atoms with E-state index in [0.717, 1.165) is 5.56 Å². The quantitative estimate of drug-likeness (QED) is 0.405. The highest BCUT2D eigenvalue weighted by Gasteiger charge is 2.34. The normalized spacial score (nSPS) is 15.1. The molecule has 8 nitrogen and oxygen atoms in total. The summed E-state index contributed by atoms with van der Waals surface area (Å²) in [6.45, 7) is 4.16. The number of halogens is 2. The van der Waals surface area contributed by atoms with Gasteiger partial charge in [0.25, 0.3) is 5.56 Å². The van der Waals surface area contributed by atoms with Gasteiger partial charge in [-0.05, 0) is 41.8 Å². The Kier molecular flexibility index (Phi) is 6.40. The van der Waals surface area contributed by atoms with Crippen LogP contribution in [0.25, 0.3) is 0 Å². The molecule has 0 spiro atoms.